The molecule has 100 valence electrons. The summed E-state index contributed by atoms with van der Waals surface area (Å²) in [7, 11) is -2.72. The van der Waals surface area contributed by atoms with Crippen molar-refractivity contribution < 1.29 is 27.9 Å². The number of amides is 1. The van der Waals surface area contributed by atoms with Gasteiger partial charge in [0.05, 0.1) is 6.61 Å². The number of carbonyl (C=O) groups is 2. The summed E-state index contributed by atoms with van der Waals surface area (Å²) in [5, 5.41) is 8.39. The molecule has 0 aromatic heterocycles. The van der Waals surface area contributed by atoms with Crippen LogP contribution in [0.4, 0.5) is 4.79 Å². The fourth-order valence-electron chi connectivity index (χ4n) is 0.917. The van der Waals surface area contributed by atoms with Gasteiger partial charge < -0.3 is 9.84 Å². The van der Waals surface area contributed by atoms with Crippen molar-refractivity contribution in [2.24, 2.45) is 0 Å². The number of aliphatic carboxylic acids is 1. The van der Waals surface area contributed by atoms with Crippen LogP contribution in [-0.2, 0) is 19.7 Å². The third-order valence-corrected chi connectivity index (χ3v) is 3.19. The van der Waals surface area contributed by atoms with Crippen molar-refractivity contribution >= 4 is 22.3 Å². The fraction of sp³-hybridized carbons (Fsp3) is 0.750. The summed E-state index contributed by atoms with van der Waals surface area (Å²) in [5.74, 6) is -1.01. The molecule has 0 bridgehead atoms. The second-order valence-electron chi connectivity index (χ2n) is 3.15. The van der Waals surface area contributed by atoms with Gasteiger partial charge in [-0.3, -0.25) is 4.79 Å². The first kappa shape index (κ1) is 15.7. The minimum atomic E-state index is -3.96. The van der Waals surface area contributed by atoms with Gasteiger partial charge in [-0.1, -0.05) is 0 Å². The third kappa shape index (κ3) is 6.74. The number of ether oxygens (including phenoxy) is 1. The molecule has 0 aromatic carbocycles. The summed E-state index contributed by atoms with van der Waals surface area (Å²) in [4.78, 5) is 21.1. The Kier molecular flexibility index (Phi) is 6.51. The molecule has 1 amide bonds. The van der Waals surface area contributed by atoms with E-state index in [4.69, 9.17) is 5.11 Å². The normalized spacial score (nSPS) is 11.2. The van der Waals surface area contributed by atoms with Gasteiger partial charge in [0.25, 0.3) is 0 Å². The number of hydrogen-bond acceptors (Lipinski definition) is 5. The Hall–Kier alpha value is -1.35. The molecular formula is C8H16N2O6S. The van der Waals surface area contributed by atoms with E-state index in [1.807, 2.05) is 0 Å². The first-order valence-corrected chi connectivity index (χ1v) is 6.36. The van der Waals surface area contributed by atoms with E-state index in [2.05, 4.69) is 4.74 Å². The zero-order valence-electron chi connectivity index (χ0n) is 9.67. The van der Waals surface area contributed by atoms with Crippen LogP contribution < -0.4 is 4.72 Å². The molecule has 0 unspecified atom stereocenters. The highest BCUT2D eigenvalue weighted by Crippen LogP contribution is 1.99. The molecule has 0 saturated heterocycles. The van der Waals surface area contributed by atoms with Crippen molar-refractivity contribution in [1.82, 2.24) is 9.03 Å². The molecule has 9 heteroatoms. The summed E-state index contributed by atoms with van der Waals surface area (Å²) in [5.41, 5.74) is 0. The van der Waals surface area contributed by atoms with Gasteiger partial charge in [0.2, 0.25) is 0 Å². The Morgan fingerprint density at radius 1 is 1.41 bits per heavy atom. The van der Waals surface area contributed by atoms with Gasteiger partial charge in [-0.2, -0.15) is 12.7 Å². The van der Waals surface area contributed by atoms with Gasteiger partial charge >= 0.3 is 22.3 Å². The highest BCUT2D eigenvalue weighted by Gasteiger charge is 2.20. The molecule has 0 radical (unpaired) electrons. The van der Waals surface area contributed by atoms with Crippen LogP contribution in [0.3, 0.4) is 0 Å². The molecule has 0 heterocycles. The van der Waals surface area contributed by atoms with Crippen LogP contribution in [-0.4, -0.2) is 50.1 Å². The van der Waals surface area contributed by atoms with Crippen molar-refractivity contribution in [2.45, 2.75) is 19.8 Å². The maximum absolute atomic E-state index is 11.5. The van der Waals surface area contributed by atoms with Crippen LogP contribution in [0.2, 0.25) is 0 Å². The Balaban J connectivity index is 4.20. The van der Waals surface area contributed by atoms with Crippen LogP contribution >= 0.6 is 0 Å². The lowest BCUT2D eigenvalue weighted by molar-refractivity contribution is -0.137. The molecule has 0 saturated carbocycles. The van der Waals surface area contributed by atoms with E-state index in [1.54, 1.807) is 11.6 Å². The van der Waals surface area contributed by atoms with Gasteiger partial charge in [-0.15, -0.1) is 0 Å². The van der Waals surface area contributed by atoms with E-state index in [-0.39, 0.29) is 26.0 Å². The summed E-state index contributed by atoms with van der Waals surface area (Å²) in [6, 6.07) is 0. The Morgan fingerprint density at radius 2 is 2.00 bits per heavy atom. The quantitative estimate of drug-likeness (QED) is 0.659. The van der Waals surface area contributed by atoms with Crippen molar-refractivity contribution in [2.75, 3.05) is 20.2 Å². The zero-order valence-corrected chi connectivity index (χ0v) is 10.5. The highest BCUT2D eigenvalue weighted by atomic mass is 32.2. The average Bonchev–Trinajstić information content (AvgIpc) is 2.16. The first-order chi connectivity index (χ1) is 7.79. The third-order valence-electron chi connectivity index (χ3n) is 1.76. The lowest BCUT2D eigenvalue weighted by Gasteiger charge is -2.16. The number of hydrogen-bond donors (Lipinski definition) is 2. The van der Waals surface area contributed by atoms with Gasteiger partial charge in [0.1, 0.15) is 0 Å². The van der Waals surface area contributed by atoms with Gasteiger partial charge in [-0.05, 0) is 13.3 Å². The van der Waals surface area contributed by atoms with E-state index < -0.39 is 22.3 Å². The van der Waals surface area contributed by atoms with Crippen LogP contribution in [0, 0.1) is 0 Å². The second kappa shape index (κ2) is 7.07. The minimum Gasteiger partial charge on any atom is -0.481 e. The molecule has 17 heavy (non-hydrogen) atoms. The van der Waals surface area contributed by atoms with Gasteiger partial charge in [-0.25, -0.2) is 9.52 Å². The maximum atomic E-state index is 11.5. The number of carboxylic acid groups (broad SMARTS) is 1. The topological polar surface area (TPSA) is 113 Å². The summed E-state index contributed by atoms with van der Waals surface area (Å²) < 4.78 is 29.9. The zero-order chi connectivity index (χ0) is 13.5. The maximum Gasteiger partial charge on any atom is 0.421 e. The summed E-state index contributed by atoms with van der Waals surface area (Å²) >= 11 is 0. The summed E-state index contributed by atoms with van der Waals surface area (Å²) in [6.45, 7) is 1.61. The van der Waals surface area contributed by atoms with E-state index in [1.165, 1.54) is 7.05 Å². The predicted molar refractivity (Wildman–Crippen MR) is 58.6 cm³/mol. The Labute approximate surface area is 99.7 Å². The SMILES string of the molecule is CCOC(=O)NS(=O)(=O)N(C)CCCC(=O)O. The predicted octanol–water partition coefficient (Wildman–Crippen LogP) is -0.226. The molecule has 0 atom stereocenters. The van der Waals surface area contributed by atoms with E-state index >= 15 is 0 Å². The molecule has 0 spiro atoms. The highest BCUT2D eigenvalue weighted by molar-refractivity contribution is 7.87. The Bertz CT molecular complexity index is 366. The molecule has 0 rings (SSSR count). The fourth-order valence-corrected chi connectivity index (χ4v) is 1.71. The van der Waals surface area contributed by atoms with Crippen molar-refractivity contribution in [3.8, 4) is 0 Å². The number of carboxylic acids is 1. The minimum absolute atomic E-state index is 0.00103. The van der Waals surface area contributed by atoms with Crippen molar-refractivity contribution in [1.29, 1.82) is 0 Å². The molecule has 0 aliphatic heterocycles. The number of nitrogens with zero attached hydrogens (tertiary/aromatic N) is 1. The Morgan fingerprint density at radius 3 is 2.47 bits per heavy atom. The standard InChI is InChI=1S/C8H16N2O6S/c1-3-16-8(13)9-17(14,15)10(2)6-4-5-7(11)12/h3-6H2,1-2H3,(H,9,13)(H,11,12). The van der Waals surface area contributed by atoms with Gasteiger partial charge in [0.15, 0.2) is 0 Å². The monoisotopic (exact) mass is 268 g/mol. The van der Waals surface area contributed by atoms with Crippen molar-refractivity contribution in [3.63, 3.8) is 0 Å². The molecule has 0 aliphatic carbocycles. The van der Waals surface area contributed by atoms with Crippen LogP contribution in [0.5, 0.6) is 0 Å². The number of nitrogens with one attached hydrogen (secondary N) is 1. The van der Waals surface area contributed by atoms with E-state index in [0.29, 0.717) is 0 Å². The van der Waals surface area contributed by atoms with Crippen LogP contribution in [0.25, 0.3) is 0 Å². The van der Waals surface area contributed by atoms with E-state index in [0.717, 1.165) is 4.31 Å². The molecule has 0 aliphatic rings. The average molecular weight is 268 g/mol. The van der Waals surface area contributed by atoms with E-state index in [9.17, 15) is 18.0 Å². The lowest BCUT2D eigenvalue weighted by Crippen LogP contribution is -2.42. The van der Waals surface area contributed by atoms with Crippen molar-refractivity contribution in [3.05, 3.63) is 0 Å². The lowest BCUT2D eigenvalue weighted by atomic mass is 10.3. The first-order valence-electron chi connectivity index (χ1n) is 4.92. The molecule has 2 N–H and O–H groups in total. The number of rotatable bonds is 7. The molecule has 0 fully saturated rings. The van der Waals surface area contributed by atoms with Crippen LogP contribution in [0.15, 0.2) is 0 Å². The largest absolute Gasteiger partial charge is 0.481 e. The molecule has 0 aromatic rings. The van der Waals surface area contributed by atoms with Gasteiger partial charge in [0, 0.05) is 20.0 Å². The smallest absolute Gasteiger partial charge is 0.421 e. The summed E-state index contributed by atoms with van der Waals surface area (Å²) in [6.07, 6.45) is -1.04. The molecule has 8 nitrogen and oxygen atoms in total. The molecular weight excluding hydrogens is 252 g/mol. The van der Waals surface area contributed by atoms with Crippen LogP contribution in [0.1, 0.15) is 19.8 Å². The number of carbonyl (C=O) groups excluding carboxylic acids is 1. The second-order valence-corrected chi connectivity index (χ2v) is 4.92.